The predicted molar refractivity (Wildman–Crippen MR) is 129 cm³/mol. The van der Waals surface area contributed by atoms with Gasteiger partial charge in [0.2, 0.25) is 0 Å². The number of alkyl halides is 6. The molecule has 0 fully saturated rings. The minimum absolute atomic E-state index is 0.0122. The van der Waals surface area contributed by atoms with Crippen LogP contribution in [0.3, 0.4) is 0 Å². The maximum Gasteiger partial charge on any atom is 0.408 e. The van der Waals surface area contributed by atoms with E-state index in [9.17, 15) is 31.1 Å². The van der Waals surface area contributed by atoms with Gasteiger partial charge in [-0.2, -0.15) is 31.4 Å². The van der Waals surface area contributed by atoms with Crippen LogP contribution in [0.15, 0.2) is 36.7 Å². The molecule has 38 heavy (non-hydrogen) atoms. The first kappa shape index (κ1) is 29.1. The lowest BCUT2D eigenvalue weighted by Crippen LogP contribution is -2.51. The second kappa shape index (κ2) is 11.5. The van der Waals surface area contributed by atoms with Crippen molar-refractivity contribution in [2.24, 2.45) is 0 Å². The minimum atomic E-state index is -5.04. The molecule has 7 nitrogen and oxygen atoms in total. The van der Waals surface area contributed by atoms with Gasteiger partial charge in [0.05, 0.1) is 30.6 Å². The Morgan fingerprint density at radius 1 is 1.16 bits per heavy atom. The highest BCUT2D eigenvalue weighted by Gasteiger charge is 2.43. The summed E-state index contributed by atoms with van der Waals surface area (Å²) in [5.41, 5.74) is 3.59. The average molecular weight is 546 g/mol. The molecule has 0 aliphatic heterocycles. The highest BCUT2D eigenvalue weighted by Crippen LogP contribution is 2.34. The van der Waals surface area contributed by atoms with Gasteiger partial charge in [0, 0.05) is 30.4 Å². The summed E-state index contributed by atoms with van der Waals surface area (Å²) in [4.78, 5) is 18.2. The quantitative estimate of drug-likeness (QED) is 0.319. The van der Waals surface area contributed by atoms with Crippen LogP contribution in [0.4, 0.5) is 31.1 Å². The molecular formula is C25H29F6N5O2. The van der Waals surface area contributed by atoms with Crippen molar-refractivity contribution in [1.29, 1.82) is 0 Å². The fourth-order valence-electron chi connectivity index (χ4n) is 4.20. The number of aryl methyl sites for hydroxylation is 1. The number of pyridine rings is 2. The number of carbonyl (C=O) groups is 1. The van der Waals surface area contributed by atoms with Crippen LogP contribution in [-0.2, 0) is 6.42 Å². The SMILES string of the molecule is CCc1cc(-c2cc([C@@H](C)N(CC)C(=O)N[C@@H](CCC(F)(F)F)C(F)(F)F)ncc2OC)cc2ccnn12. The second-order valence-corrected chi connectivity index (χ2v) is 8.73. The van der Waals surface area contributed by atoms with E-state index in [-0.39, 0.29) is 6.54 Å². The van der Waals surface area contributed by atoms with E-state index < -0.39 is 43.3 Å². The summed E-state index contributed by atoms with van der Waals surface area (Å²) < 4.78 is 85.1. The van der Waals surface area contributed by atoms with Crippen LogP contribution in [0.1, 0.15) is 51.0 Å². The molecule has 0 saturated heterocycles. The zero-order valence-corrected chi connectivity index (χ0v) is 21.3. The number of hydrogen-bond acceptors (Lipinski definition) is 4. The Bertz CT molecular complexity index is 1260. The fraction of sp³-hybridized carbons (Fsp3) is 0.480. The topological polar surface area (TPSA) is 71.8 Å². The summed E-state index contributed by atoms with van der Waals surface area (Å²) in [5, 5.41) is 6.05. The number of rotatable bonds is 9. The first-order valence-electron chi connectivity index (χ1n) is 12.0. The van der Waals surface area contributed by atoms with Crippen molar-refractivity contribution >= 4 is 11.5 Å². The Balaban J connectivity index is 1.92. The number of halogens is 6. The predicted octanol–water partition coefficient (Wildman–Crippen LogP) is 6.33. The molecule has 0 aliphatic rings. The van der Waals surface area contributed by atoms with E-state index >= 15 is 0 Å². The standard InChI is InChI=1S/C25H29F6N5O2/c1-5-17-11-16(12-18-8-10-33-36(17)18)19-13-20(32-14-21(19)38-4)15(3)35(6-2)23(37)34-22(25(29,30)31)7-9-24(26,27)28/h8,10-15,22H,5-7,9H2,1-4H3,(H,34,37)/t15-,22+/m1/s1. The molecule has 13 heteroatoms. The van der Waals surface area contributed by atoms with Gasteiger partial charge in [0.15, 0.2) is 0 Å². The number of aromatic nitrogens is 3. The van der Waals surface area contributed by atoms with Crippen LogP contribution < -0.4 is 10.1 Å². The lowest BCUT2D eigenvalue weighted by molar-refractivity contribution is -0.171. The highest BCUT2D eigenvalue weighted by molar-refractivity contribution is 5.76. The van der Waals surface area contributed by atoms with Crippen molar-refractivity contribution in [3.8, 4) is 16.9 Å². The summed E-state index contributed by atoms with van der Waals surface area (Å²) in [6.45, 7) is 5.11. The number of ether oxygens (including phenoxy) is 1. The third-order valence-corrected chi connectivity index (χ3v) is 6.26. The number of methoxy groups -OCH3 is 1. The van der Waals surface area contributed by atoms with Crippen molar-refractivity contribution in [2.75, 3.05) is 13.7 Å². The van der Waals surface area contributed by atoms with Gasteiger partial charge in [-0.1, -0.05) is 6.92 Å². The first-order valence-corrected chi connectivity index (χ1v) is 12.0. The third-order valence-electron chi connectivity index (χ3n) is 6.26. The van der Waals surface area contributed by atoms with Crippen LogP contribution in [0.5, 0.6) is 5.75 Å². The van der Waals surface area contributed by atoms with Crippen LogP contribution in [-0.4, -0.2) is 57.6 Å². The lowest BCUT2D eigenvalue weighted by atomic mass is 10.0. The third kappa shape index (κ3) is 6.67. The summed E-state index contributed by atoms with van der Waals surface area (Å²) >= 11 is 0. The van der Waals surface area contributed by atoms with Crippen LogP contribution in [0, 0.1) is 0 Å². The van der Waals surface area contributed by atoms with Gasteiger partial charge in [-0.3, -0.25) is 4.98 Å². The maximum atomic E-state index is 13.4. The monoisotopic (exact) mass is 545 g/mol. The van der Waals surface area contributed by atoms with Crippen LogP contribution >= 0.6 is 0 Å². The van der Waals surface area contributed by atoms with E-state index in [0.29, 0.717) is 23.4 Å². The van der Waals surface area contributed by atoms with Crippen LogP contribution in [0.25, 0.3) is 16.6 Å². The molecule has 0 aliphatic carbocycles. The highest BCUT2D eigenvalue weighted by atomic mass is 19.4. The summed E-state index contributed by atoms with van der Waals surface area (Å²) in [6, 6.07) is 2.78. The maximum absolute atomic E-state index is 13.4. The van der Waals surface area contributed by atoms with Crippen molar-refractivity contribution in [2.45, 2.75) is 64.5 Å². The van der Waals surface area contributed by atoms with Gasteiger partial charge >= 0.3 is 18.4 Å². The zero-order chi connectivity index (χ0) is 28.3. The minimum Gasteiger partial charge on any atom is -0.494 e. The normalized spacial score (nSPS) is 13.8. The number of urea groups is 1. The zero-order valence-electron chi connectivity index (χ0n) is 21.3. The molecular weight excluding hydrogens is 516 g/mol. The molecule has 0 radical (unpaired) electrons. The number of amides is 2. The van der Waals surface area contributed by atoms with E-state index in [4.69, 9.17) is 4.74 Å². The van der Waals surface area contributed by atoms with E-state index in [1.54, 1.807) is 35.9 Å². The molecule has 2 atom stereocenters. The summed E-state index contributed by atoms with van der Waals surface area (Å²) in [5.74, 6) is 0.448. The first-order chi connectivity index (χ1) is 17.8. The Labute approximate surface area is 215 Å². The van der Waals surface area contributed by atoms with Gasteiger partial charge in [-0.05, 0) is 56.5 Å². The van der Waals surface area contributed by atoms with E-state index in [0.717, 1.165) is 21.7 Å². The number of nitrogens with zero attached hydrogens (tertiary/aromatic N) is 4. The Kier molecular flexibility index (Phi) is 8.78. The van der Waals surface area contributed by atoms with Gasteiger partial charge in [0.1, 0.15) is 11.8 Å². The lowest BCUT2D eigenvalue weighted by Gasteiger charge is -2.31. The molecule has 0 spiro atoms. The molecule has 0 unspecified atom stereocenters. The largest absolute Gasteiger partial charge is 0.494 e. The summed E-state index contributed by atoms with van der Waals surface area (Å²) in [6.07, 6.45) is -8.99. The van der Waals surface area contributed by atoms with E-state index in [1.807, 2.05) is 25.1 Å². The molecule has 0 bridgehead atoms. The van der Waals surface area contributed by atoms with Gasteiger partial charge in [-0.15, -0.1) is 0 Å². The molecule has 3 rings (SSSR count). The smallest absolute Gasteiger partial charge is 0.408 e. The number of carbonyl (C=O) groups excluding carboxylic acids is 1. The molecule has 3 heterocycles. The van der Waals surface area contributed by atoms with Gasteiger partial charge in [-0.25, -0.2) is 9.31 Å². The molecule has 208 valence electrons. The molecule has 0 aromatic carbocycles. The Hall–Kier alpha value is -3.51. The number of hydrogen-bond donors (Lipinski definition) is 1. The summed E-state index contributed by atoms with van der Waals surface area (Å²) in [7, 11) is 1.48. The Morgan fingerprint density at radius 2 is 1.87 bits per heavy atom. The van der Waals surface area contributed by atoms with Gasteiger partial charge < -0.3 is 15.0 Å². The van der Waals surface area contributed by atoms with Gasteiger partial charge in [0.25, 0.3) is 0 Å². The fourth-order valence-corrected chi connectivity index (χ4v) is 4.20. The van der Waals surface area contributed by atoms with E-state index in [1.165, 1.54) is 13.3 Å². The molecule has 3 aromatic rings. The van der Waals surface area contributed by atoms with Crippen molar-refractivity contribution in [3.05, 3.63) is 48.0 Å². The van der Waals surface area contributed by atoms with Crippen molar-refractivity contribution < 1.29 is 35.9 Å². The second-order valence-electron chi connectivity index (χ2n) is 8.73. The molecule has 3 aromatic heterocycles. The number of nitrogens with one attached hydrogen (secondary N) is 1. The molecule has 2 amide bonds. The van der Waals surface area contributed by atoms with Crippen LogP contribution in [0.2, 0.25) is 0 Å². The Morgan fingerprint density at radius 3 is 2.45 bits per heavy atom. The van der Waals surface area contributed by atoms with Crippen molar-refractivity contribution in [3.63, 3.8) is 0 Å². The molecule has 0 saturated carbocycles. The van der Waals surface area contributed by atoms with Crippen molar-refractivity contribution in [1.82, 2.24) is 24.8 Å². The molecule has 1 N–H and O–H groups in total. The number of fused-ring (bicyclic) bond motifs is 1. The average Bonchev–Trinajstić information content (AvgIpc) is 3.33. The van der Waals surface area contributed by atoms with E-state index in [2.05, 4.69) is 10.1 Å².